The lowest BCUT2D eigenvalue weighted by atomic mass is 9.95. The second kappa shape index (κ2) is 45.0. The molecule has 1 aliphatic rings. The van der Waals surface area contributed by atoms with Crippen molar-refractivity contribution in [2.75, 3.05) is 32.8 Å². The van der Waals surface area contributed by atoms with Crippen molar-refractivity contribution in [3.05, 3.63) is 83.9 Å². The number of aromatic nitrogens is 2. The van der Waals surface area contributed by atoms with Crippen LogP contribution in [0.5, 0.6) is 5.75 Å². The molecule has 15 amide bonds. The Morgan fingerprint density at radius 2 is 1.02 bits per heavy atom. The van der Waals surface area contributed by atoms with Crippen LogP contribution in [0.2, 0.25) is 0 Å². The number of benzene rings is 2. The summed E-state index contributed by atoms with van der Waals surface area (Å²) in [5.41, 5.74) is 17.5. The van der Waals surface area contributed by atoms with E-state index < -0.39 is 243 Å². The molecule has 4 rings (SSSR count). The first-order valence-electron chi connectivity index (χ1n) is 35.3. The number of nitrogens with zero attached hydrogens (tertiary/aromatic N) is 2. The van der Waals surface area contributed by atoms with Crippen molar-refractivity contribution < 1.29 is 97.1 Å². The zero-order chi connectivity index (χ0) is 81.2. The van der Waals surface area contributed by atoms with E-state index in [1.807, 2.05) is 0 Å². The van der Waals surface area contributed by atoms with Gasteiger partial charge in [0.05, 0.1) is 45.1 Å². The van der Waals surface area contributed by atoms with E-state index in [0.29, 0.717) is 17.5 Å². The number of imidazole rings is 1. The third-order valence-electron chi connectivity index (χ3n) is 17.5. The Morgan fingerprint density at radius 3 is 1.55 bits per heavy atom. The number of carboxylic acid groups (broad SMARTS) is 1. The van der Waals surface area contributed by atoms with Crippen molar-refractivity contribution in [1.29, 1.82) is 0 Å². The van der Waals surface area contributed by atoms with Gasteiger partial charge in [-0.15, -0.1) is 0 Å². The minimum Gasteiger partial charge on any atom is -0.508 e. The van der Waals surface area contributed by atoms with Crippen LogP contribution in [0, 0.1) is 17.8 Å². The van der Waals surface area contributed by atoms with E-state index in [0.717, 1.165) is 6.92 Å². The summed E-state index contributed by atoms with van der Waals surface area (Å²) in [5.74, 6) is -20.4. The minimum absolute atomic E-state index is 0.0520. The number of aliphatic hydroxyl groups excluding tert-OH is 2. The largest absolute Gasteiger partial charge is 0.508 e. The number of carbonyl (C=O) groups is 16. The molecule has 2 heterocycles. The van der Waals surface area contributed by atoms with Gasteiger partial charge in [-0.1, -0.05) is 96.8 Å². The first-order valence-corrected chi connectivity index (χ1v) is 35.3. The second-order valence-electron chi connectivity index (χ2n) is 26.5. The van der Waals surface area contributed by atoms with Gasteiger partial charge < -0.3 is 117 Å². The standard InChI is InChI=1S/C69H102N20O20/c1-8-35(5)55(67(107)88-56(68(108)109)36(6)9-2)86-50(94)27-47-59(99)76-30-52(96)80-44(24-38-14-11-10-12-15-38)58(98)75-29-51(95)79-43(21-22-49(70)93)61(101)83-46(26-40-28-73-33-78-40)62(102)85-48(32-90)64(104)81-42(16-13-23-74-69(71)72)60(100)82-45(25-39-17-19-41(92)20-18-39)63(103)89-57(37(7)91)65(105)77-31-53(97)87-54(34(3)4)66(106)84-47/h10-12,14-15,17-20,28,33-37,42-48,54-57,90-92H,8-9,13,16,21-27,29-32H2,1-7H3,(H2,70,93)(H,73,78)(H,75,98)(H,76,99)(H,77,105)(H,79,95)(H,80,96)(H,81,104)(H,82,100)(H,83,101)(H,84,106)(H,85,102)(H,86,94)(H,87,97)(H,88,107)(H,89,103)(H,108,109)(H4,71,72,74)/t35-,36-,37+,42-,43-,44-,45-,46-,47-,48-,54-,55-,56-,57+/m0/s1. The van der Waals surface area contributed by atoms with E-state index in [4.69, 9.17) is 17.2 Å². The molecule has 0 unspecified atom stereocenters. The Balaban J connectivity index is 1.85. The molecule has 0 aliphatic carbocycles. The molecule has 1 aromatic heterocycles. The van der Waals surface area contributed by atoms with Crippen LogP contribution in [0.3, 0.4) is 0 Å². The molecule has 598 valence electrons. The summed E-state index contributed by atoms with van der Waals surface area (Å²) in [4.78, 5) is 234. The molecule has 3 aromatic rings. The van der Waals surface area contributed by atoms with Crippen molar-refractivity contribution in [2.24, 2.45) is 39.9 Å². The lowest BCUT2D eigenvalue weighted by molar-refractivity contribution is -0.144. The molecular formula is C69H102N20O20. The Hall–Kier alpha value is -11.8. The summed E-state index contributed by atoms with van der Waals surface area (Å²) < 4.78 is 0. The maximum Gasteiger partial charge on any atom is 0.326 e. The van der Waals surface area contributed by atoms with Crippen molar-refractivity contribution >= 4 is 101 Å². The summed E-state index contributed by atoms with van der Waals surface area (Å²) in [6.45, 7) is 6.44. The average Bonchev–Trinajstić information content (AvgIpc) is 1.30. The molecule has 14 atom stereocenters. The fraction of sp³-hybridized carbons (Fsp3) is 0.536. The van der Waals surface area contributed by atoms with Gasteiger partial charge in [-0.2, -0.15) is 0 Å². The summed E-state index contributed by atoms with van der Waals surface area (Å²) in [5, 5.41) is 75.3. The fourth-order valence-corrected chi connectivity index (χ4v) is 10.9. The normalized spacial score (nSPS) is 22.6. The van der Waals surface area contributed by atoms with Gasteiger partial charge in [0.1, 0.15) is 72.2 Å². The Bertz CT molecular complexity index is 3670. The first-order chi connectivity index (χ1) is 51.5. The molecule has 1 saturated heterocycles. The van der Waals surface area contributed by atoms with Gasteiger partial charge >= 0.3 is 5.97 Å². The Kier molecular flexibility index (Phi) is 36.9. The van der Waals surface area contributed by atoms with E-state index in [2.05, 4.69) is 89.4 Å². The molecule has 0 radical (unpaired) electrons. The molecule has 1 aliphatic heterocycles. The number of aliphatic imine (C=N–C) groups is 1. The number of H-pyrrole nitrogens is 1. The van der Waals surface area contributed by atoms with Gasteiger partial charge in [0.25, 0.3) is 0 Å². The van der Waals surface area contributed by atoms with Crippen molar-refractivity contribution in [3.63, 3.8) is 0 Å². The van der Waals surface area contributed by atoms with Crippen LogP contribution in [-0.2, 0) is 96.0 Å². The highest BCUT2D eigenvalue weighted by atomic mass is 16.4. The Morgan fingerprint density at radius 1 is 0.541 bits per heavy atom. The van der Waals surface area contributed by atoms with Crippen LogP contribution in [0.4, 0.5) is 0 Å². The van der Waals surface area contributed by atoms with Gasteiger partial charge in [-0.3, -0.25) is 76.9 Å². The maximum atomic E-state index is 14.6. The van der Waals surface area contributed by atoms with Gasteiger partial charge in [0, 0.05) is 44.1 Å². The van der Waals surface area contributed by atoms with Crippen molar-refractivity contribution in [3.8, 4) is 5.75 Å². The number of hydrogen-bond acceptors (Lipinski definition) is 21. The number of phenolic OH excluding ortho intramolecular Hbond substituents is 1. The number of guanidine groups is 1. The van der Waals surface area contributed by atoms with Crippen LogP contribution >= 0.6 is 0 Å². The summed E-state index contributed by atoms with van der Waals surface area (Å²) in [6.07, 6.45) is -2.13. The lowest BCUT2D eigenvalue weighted by Crippen LogP contribution is -2.61. The number of aliphatic carboxylic acids is 1. The lowest BCUT2D eigenvalue weighted by Gasteiger charge is -2.28. The average molecular weight is 1530 g/mol. The third kappa shape index (κ3) is 30.9. The third-order valence-corrected chi connectivity index (χ3v) is 17.5. The topological polar surface area (TPSA) is 642 Å². The van der Waals surface area contributed by atoms with Crippen LogP contribution < -0.4 is 91.6 Å². The molecule has 25 N–H and O–H groups in total. The number of nitrogens with one attached hydrogen (secondary N) is 15. The number of carbonyl (C=O) groups excluding carboxylic acids is 15. The van der Waals surface area contributed by atoms with Crippen LogP contribution in [0.25, 0.3) is 0 Å². The van der Waals surface area contributed by atoms with E-state index in [9.17, 15) is 97.1 Å². The van der Waals surface area contributed by atoms with Crippen LogP contribution in [0.15, 0.2) is 72.1 Å². The van der Waals surface area contributed by atoms with E-state index in [1.54, 1.807) is 58.0 Å². The highest BCUT2D eigenvalue weighted by Gasteiger charge is 2.39. The summed E-state index contributed by atoms with van der Waals surface area (Å²) >= 11 is 0. The van der Waals surface area contributed by atoms with Crippen LogP contribution in [-0.4, -0.2) is 236 Å². The quantitative estimate of drug-likeness (QED) is 0.0202. The minimum atomic E-state index is -1.96. The maximum absolute atomic E-state index is 14.6. The molecule has 1 fully saturated rings. The number of phenols is 1. The second-order valence-corrected chi connectivity index (χ2v) is 26.5. The number of amides is 15. The summed E-state index contributed by atoms with van der Waals surface area (Å²) in [6, 6.07) is -5.22. The van der Waals surface area contributed by atoms with Gasteiger partial charge in [-0.25, -0.2) is 9.78 Å². The first kappa shape index (κ1) is 89.6. The van der Waals surface area contributed by atoms with E-state index in [-0.39, 0.29) is 49.6 Å². The Labute approximate surface area is 627 Å². The molecular weight excluding hydrogens is 1430 g/mol. The monoisotopic (exact) mass is 1530 g/mol. The molecule has 0 saturated carbocycles. The molecule has 109 heavy (non-hydrogen) atoms. The SMILES string of the molecule is CC[C@H](C)[C@H](NC(=O)[C@@H](NC(=O)C[C@@H]1NC(=O)[C@H](C(C)C)NC(=O)CNC(=O)[C@@H]([C@@H](C)O)NC(=O)[C@H](Cc2ccc(O)cc2)NC(=O)[C@H](CCCN=C(N)N)NC(=O)[C@H](CO)NC(=O)[C@H](Cc2cnc[nH]2)NC(=O)[C@H](CCC(N)=O)NC(=O)CNC(=O)[C@H](Cc2ccccc2)NC(=O)CNC1=O)[C@@H](C)CC)C(=O)O. The highest BCUT2D eigenvalue weighted by molar-refractivity contribution is 6.01. The predicted molar refractivity (Wildman–Crippen MR) is 388 cm³/mol. The number of hydrogen-bond donors (Lipinski definition) is 22. The number of aliphatic hydroxyl groups is 2. The number of aromatic amines is 1. The molecule has 2 aromatic carbocycles. The molecule has 0 bridgehead atoms. The van der Waals surface area contributed by atoms with E-state index >= 15 is 0 Å². The van der Waals surface area contributed by atoms with E-state index in [1.165, 1.54) is 50.6 Å². The van der Waals surface area contributed by atoms with Crippen molar-refractivity contribution in [1.82, 2.24) is 84.4 Å². The number of aromatic hydroxyl groups is 1. The number of primary amides is 1. The van der Waals surface area contributed by atoms with Gasteiger partial charge in [0.2, 0.25) is 88.6 Å². The molecule has 0 spiro atoms. The van der Waals surface area contributed by atoms with Crippen molar-refractivity contribution in [2.45, 2.75) is 185 Å². The smallest absolute Gasteiger partial charge is 0.326 e. The molecule has 40 heteroatoms. The van der Waals surface area contributed by atoms with Gasteiger partial charge in [0.15, 0.2) is 5.96 Å². The predicted octanol–water partition coefficient (Wildman–Crippen LogP) is -7.25. The fourth-order valence-electron chi connectivity index (χ4n) is 10.9. The highest BCUT2D eigenvalue weighted by Crippen LogP contribution is 2.16. The molecule has 40 nitrogen and oxygen atoms in total. The van der Waals surface area contributed by atoms with Crippen LogP contribution in [0.1, 0.15) is 110 Å². The van der Waals surface area contributed by atoms with Gasteiger partial charge in [-0.05, 0) is 67.2 Å². The zero-order valence-electron chi connectivity index (χ0n) is 61.6. The number of carboxylic acids is 1. The summed E-state index contributed by atoms with van der Waals surface area (Å²) in [7, 11) is 0. The zero-order valence-corrected chi connectivity index (χ0v) is 61.6. The number of nitrogens with two attached hydrogens (primary N) is 3. The number of rotatable bonds is 26.